The lowest BCUT2D eigenvalue weighted by Gasteiger charge is -2.02. The van der Waals surface area contributed by atoms with Crippen molar-refractivity contribution in [1.29, 1.82) is 0 Å². The van der Waals surface area contributed by atoms with Crippen LogP contribution in [0.5, 0.6) is 0 Å². The van der Waals surface area contributed by atoms with Crippen molar-refractivity contribution >= 4 is 11.8 Å². The number of benzene rings is 1. The molecule has 2 aromatic rings. The first-order chi connectivity index (χ1) is 8.67. The number of hydrogen-bond donors (Lipinski definition) is 1. The van der Waals surface area contributed by atoms with E-state index in [2.05, 4.69) is 47.7 Å². The second-order valence-electron chi connectivity index (χ2n) is 4.18. The Hall–Kier alpha value is -1.26. The fourth-order valence-electron chi connectivity index (χ4n) is 1.97. The molecule has 0 saturated carbocycles. The Balaban J connectivity index is 2.36. The van der Waals surface area contributed by atoms with E-state index >= 15 is 0 Å². The summed E-state index contributed by atoms with van der Waals surface area (Å²) in [5.74, 6) is 2.02. The third-order valence-electron chi connectivity index (χ3n) is 3.10. The first kappa shape index (κ1) is 13.2. The molecule has 0 fully saturated rings. The number of nitrogens with two attached hydrogens (primary N) is 1. The maximum atomic E-state index is 5.69. The number of imidazole rings is 1. The predicted molar refractivity (Wildman–Crippen MR) is 77.7 cm³/mol. The van der Waals surface area contributed by atoms with E-state index in [1.807, 2.05) is 18.8 Å². The number of rotatable bonds is 4. The molecule has 0 radical (unpaired) electrons. The van der Waals surface area contributed by atoms with Crippen molar-refractivity contribution in [1.82, 2.24) is 9.55 Å². The average Bonchev–Trinajstić information content (AvgIpc) is 2.68. The lowest BCUT2D eigenvalue weighted by atomic mass is 10.1. The Morgan fingerprint density at radius 1 is 1.28 bits per heavy atom. The Morgan fingerprint density at radius 3 is 2.44 bits per heavy atom. The molecular weight excluding hydrogens is 242 g/mol. The molecule has 0 aliphatic rings. The molecule has 3 nitrogen and oxygen atoms in total. The standard InChI is InChI=1S/C14H19N3S/c1-4-18-12-7-5-11(6-8-12)14-10(2)17(3)13(9-15)16-14/h5-8H,4,9,15H2,1-3H3. The third-order valence-corrected chi connectivity index (χ3v) is 3.99. The molecule has 1 aromatic heterocycles. The quantitative estimate of drug-likeness (QED) is 0.861. The summed E-state index contributed by atoms with van der Waals surface area (Å²) in [6.07, 6.45) is 0. The summed E-state index contributed by atoms with van der Waals surface area (Å²) < 4.78 is 2.06. The Kier molecular flexibility index (Phi) is 4.09. The fourth-order valence-corrected chi connectivity index (χ4v) is 2.63. The highest BCUT2D eigenvalue weighted by atomic mass is 32.2. The van der Waals surface area contributed by atoms with Gasteiger partial charge in [0, 0.05) is 23.2 Å². The van der Waals surface area contributed by atoms with Gasteiger partial charge in [-0.1, -0.05) is 19.1 Å². The van der Waals surface area contributed by atoms with Gasteiger partial charge in [0.05, 0.1) is 12.2 Å². The summed E-state index contributed by atoms with van der Waals surface area (Å²) in [6.45, 7) is 4.71. The molecule has 0 spiro atoms. The van der Waals surface area contributed by atoms with E-state index in [4.69, 9.17) is 5.73 Å². The highest BCUT2D eigenvalue weighted by molar-refractivity contribution is 7.99. The Bertz CT molecular complexity index is 529. The summed E-state index contributed by atoms with van der Waals surface area (Å²) in [5, 5.41) is 0. The van der Waals surface area contributed by atoms with Gasteiger partial charge in [0.2, 0.25) is 0 Å². The van der Waals surface area contributed by atoms with Crippen molar-refractivity contribution in [3.63, 3.8) is 0 Å². The molecular formula is C14H19N3S. The van der Waals surface area contributed by atoms with Crippen molar-refractivity contribution < 1.29 is 0 Å². The number of aromatic nitrogens is 2. The van der Waals surface area contributed by atoms with Crippen molar-refractivity contribution in [3.05, 3.63) is 35.8 Å². The first-order valence-corrected chi connectivity index (χ1v) is 7.11. The highest BCUT2D eigenvalue weighted by Gasteiger charge is 2.11. The van der Waals surface area contributed by atoms with Crippen molar-refractivity contribution in [2.75, 3.05) is 5.75 Å². The molecule has 96 valence electrons. The molecule has 1 heterocycles. The van der Waals surface area contributed by atoms with Gasteiger partial charge in [-0.25, -0.2) is 4.98 Å². The van der Waals surface area contributed by atoms with Crippen LogP contribution in [-0.2, 0) is 13.6 Å². The van der Waals surface area contributed by atoms with Crippen LogP contribution in [0.15, 0.2) is 29.2 Å². The minimum Gasteiger partial charge on any atom is -0.334 e. The molecule has 0 atom stereocenters. The van der Waals surface area contributed by atoms with Crippen molar-refractivity contribution in [2.24, 2.45) is 12.8 Å². The molecule has 4 heteroatoms. The van der Waals surface area contributed by atoms with Crippen molar-refractivity contribution in [3.8, 4) is 11.3 Å². The van der Waals surface area contributed by atoms with Gasteiger partial charge >= 0.3 is 0 Å². The number of thioether (sulfide) groups is 1. The van der Waals surface area contributed by atoms with Gasteiger partial charge in [0.25, 0.3) is 0 Å². The van der Waals surface area contributed by atoms with Crippen LogP contribution in [0, 0.1) is 6.92 Å². The Labute approximate surface area is 112 Å². The highest BCUT2D eigenvalue weighted by Crippen LogP contribution is 2.26. The van der Waals surface area contributed by atoms with Gasteiger partial charge in [-0.2, -0.15) is 0 Å². The maximum absolute atomic E-state index is 5.69. The zero-order valence-corrected chi connectivity index (χ0v) is 11.9. The molecule has 18 heavy (non-hydrogen) atoms. The second kappa shape index (κ2) is 5.59. The minimum atomic E-state index is 0.473. The summed E-state index contributed by atoms with van der Waals surface area (Å²) >= 11 is 1.85. The van der Waals surface area contributed by atoms with Crippen molar-refractivity contribution in [2.45, 2.75) is 25.3 Å². The lowest BCUT2D eigenvalue weighted by molar-refractivity contribution is 0.774. The van der Waals surface area contributed by atoms with Crippen LogP contribution in [-0.4, -0.2) is 15.3 Å². The third kappa shape index (κ3) is 2.44. The molecule has 0 bridgehead atoms. The number of nitrogens with zero attached hydrogens (tertiary/aromatic N) is 2. The predicted octanol–water partition coefficient (Wildman–Crippen LogP) is 2.97. The lowest BCUT2D eigenvalue weighted by Crippen LogP contribution is -2.05. The van der Waals surface area contributed by atoms with Gasteiger partial charge < -0.3 is 10.3 Å². The molecule has 2 N–H and O–H groups in total. The number of hydrogen-bond acceptors (Lipinski definition) is 3. The van der Waals surface area contributed by atoms with E-state index in [9.17, 15) is 0 Å². The fraction of sp³-hybridized carbons (Fsp3) is 0.357. The topological polar surface area (TPSA) is 43.8 Å². The van der Waals surface area contributed by atoms with E-state index in [1.54, 1.807) is 0 Å². The summed E-state index contributed by atoms with van der Waals surface area (Å²) in [7, 11) is 2.01. The molecule has 0 amide bonds. The molecule has 0 aliphatic heterocycles. The van der Waals surface area contributed by atoms with E-state index in [0.29, 0.717) is 6.54 Å². The maximum Gasteiger partial charge on any atom is 0.123 e. The molecule has 0 aliphatic carbocycles. The zero-order chi connectivity index (χ0) is 13.1. The molecule has 1 aromatic carbocycles. The monoisotopic (exact) mass is 261 g/mol. The Morgan fingerprint density at radius 2 is 1.94 bits per heavy atom. The van der Waals surface area contributed by atoms with Crippen LogP contribution in [0.25, 0.3) is 11.3 Å². The largest absolute Gasteiger partial charge is 0.334 e. The molecule has 2 rings (SSSR count). The van der Waals surface area contributed by atoms with Crippen LogP contribution < -0.4 is 5.73 Å². The molecule has 0 saturated heterocycles. The van der Waals surface area contributed by atoms with E-state index in [1.165, 1.54) is 4.90 Å². The van der Waals surface area contributed by atoms with Gasteiger partial charge in [-0.3, -0.25) is 0 Å². The van der Waals surface area contributed by atoms with Crippen LogP contribution in [0.1, 0.15) is 18.4 Å². The smallest absolute Gasteiger partial charge is 0.123 e. The SMILES string of the molecule is CCSc1ccc(-c2nc(CN)n(C)c2C)cc1. The average molecular weight is 261 g/mol. The summed E-state index contributed by atoms with van der Waals surface area (Å²) in [5.41, 5.74) is 9.04. The summed E-state index contributed by atoms with van der Waals surface area (Å²) in [6, 6.07) is 8.57. The van der Waals surface area contributed by atoms with E-state index < -0.39 is 0 Å². The molecule has 0 unspecified atom stereocenters. The van der Waals surface area contributed by atoms with E-state index in [0.717, 1.165) is 28.5 Å². The van der Waals surface area contributed by atoms with Gasteiger partial charge in [-0.15, -0.1) is 11.8 Å². The second-order valence-corrected chi connectivity index (χ2v) is 5.52. The van der Waals surface area contributed by atoms with Crippen LogP contribution in [0.2, 0.25) is 0 Å². The van der Waals surface area contributed by atoms with Gasteiger partial charge in [0.15, 0.2) is 0 Å². The van der Waals surface area contributed by atoms with Gasteiger partial charge in [0.1, 0.15) is 5.82 Å². The zero-order valence-electron chi connectivity index (χ0n) is 11.1. The normalized spacial score (nSPS) is 10.9. The van der Waals surface area contributed by atoms with Crippen LogP contribution in [0.3, 0.4) is 0 Å². The first-order valence-electron chi connectivity index (χ1n) is 6.12. The van der Waals surface area contributed by atoms with Gasteiger partial charge in [-0.05, 0) is 24.8 Å². The summed E-state index contributed by atoms with van der Waals surface area (Å²) in [4.78, 5) is 5.90. The van der Waals surface area contributed by atoms with E-state index in [-0.39, 0.29) is 0 Å². The minimum absolute atomic E-state index is 0.473. The van der Waals surface area contributed by atoms with Crippen LogP contribution in [0.4, 0.5) is 0 Å². The van der Waals surface area contributed by atoms with Crippen LogP contribution >= 0.6 is 11.8 Å².